The summed E-state index contributed by atoms with van der Waals surface area (Å²) in [6, 6.07) is 1.19. The largest absolute Gasteiger partial charge is 0.352 e. The third kappa shape index (κ3) is 2.61. The number of halogens is 1. The van der Waals surface area contributed by atoms with Crippen LogP contribution in [-0.4, -0.2) is 41.9 Å². The number of rotatable bonds is 4. The molecule has 1 aliphatic carbocycles. The SMILES string of the molecule is O=C(CCCl)NC1CCN(C2CC2)C1. The van der Waals surface area contributed by atoms with Gasteiger partial charge in [0, 0.05) is 37.5 Å². The molecule has 1 atom stereocenters. The van der Waals surface area contributed by atoms with Crippen molar-refractivity contribution in [2.75, 3.05) is 19.0 Å². The maximum absolute atomic E-state index is 11.3. The Balaban J connectivity index is 1.69. The standard InChI is InChI=1S/C10H17ClN2O/c11-5-3-10(14)12-8-4-6-13(7-8)9-1-2-9/h8-9H,1-7H2,(H,12,14). The fourth-order valence-electron chi connectivity index (χ4n) is 2.06. The molecule has 3 nitrogen and oxygen atoms in total. The molecule has 1 amide bonds. The van der Waals surface area contributed by atoms with E-state index in [1.54, 1.807) is 0 Å². The average Bonchev–Trinajstić information content (AvgIpc) is 2.89. The molecule has 0 bridgehead atoms. The Bertz CT molecular complexity index is 218. The van der Waals surface area contributed by atoms with Crippen LogP contribution in [-0.2, 0) is 4.79 Å². The predicted molar refractivity (Wildman–Crippen MR) is 56.5 cm³/mol. The molecule has 4 heteroatoms. The van der Waals surface area contributed by atoms with Gasteiger partial charge in [0.15, 0.2) is 0 Å². The molecular formula is C10H17ClN2O. The zero-order valence-corrected chi connectivity index (χ0v) is 9.09. The minimum atomic E-state index is 0.0997. The van der Waals surface area contributed by atoms with Crippen LogP contribution in [0.1, 0.15) is 25.7 Å². The zero-order chi connectivity index (χ0) is 9.97. The molecule has 1 saturated heterocycles. The summed E-state index contributed by atoms with van der Waals surface area (Å²) in [6.07, 6.45) is 4.25. The molecular weight excluding hydrogens is 200 g/mol. The van der Waals surface area contributed by atoms with E-state index in [4.69, 9.17) is 11.6 Å². The number of alkyl halides is 1. The molecule has 2 fully saturated rings. The Kier molecular flexibility index (Phi) is 3.29. The molecule has 1 aliphatic heterocycles. The Labute approximate surface area is 89.8 Å². The van der Waals surface area contributed by atoms with Gasteiger partial charge in [0.2, 0.25) is 5.91 Å². The summed E-state index contributed by atoms with van der Waals surface area (Å²) in [6.45, 7) is 2.19. The number of nitrogens with one attached hydrogen (secondary N) is 1. The lowest BCUT2D eigenvalue weighted by Crippen LogP contribution is -2.37. The molecule has 0 radical (unpaired) electrons. The first-order valence-corrected chi connectivity index (χ1v) is 5.92. The molecule has 0 aromatic rings. The van der Waals surface area contributed by atoms with Gasteiger partial charge in [-0.15, -0.1) is 11.6 Å². The van der Waals surface area contributed by atoms with Crippen molar-refractivity contribution in [2.45, 2.75) is 37.8 Å². The second-order valence-corrected chi connectivity index (χ2v) is 4.60. The van der Waals surface area contributed by atoms with Crippen LogP contribution in [0.3, 0.4) is 0 Å². The predicted octanol–water partition coefficient (Wildman–Crippen LogP) is 0.968. The van der Waals surface area contributed by atoms with Crippen molar-refractivity contribution in [3.63, 3.8) is 0 Å². The average molecular weight is 217 g/mol. The summed E-state index contributed by atoms with van der Waals surface area (Å²) < 4.78 is 0. The van der Waals surface area contributed by atoms with Gasteiger partial charge < -0.3 is 5.32 Å². The van der Waals surface area contributed by atoms with E-state index in [0.29, 0.717) is 18.3 Å². The lowest BCUT2D eigenvalue weighted by Gasteiger charge is -2.15. The number of carbonyl (C=O) groups is 1. The van der Waals surface area contributed by atoms with Crippen molar-refractivity contribution < 1.29 is 4.79 Å². The topological polar surface area (TPSA) is 32.3 Å². The lowest BCUT2D eigenvalue weighted by molar-refractivity contribution is -0.121. The first kappa shape index (κ1) is 10.2. The summed E-state index contributed by atoms with van der Waals surface area (Å²) in [5.74, 6) is 0.521. The van der Waals surface area contributed by atoms with Crippen LogP contribution in [0.15, 0.2) is 0 Å². The van der Waals surface area contributed by atoms with Crippen molar-refractivity contribution in [1.82, 2.24) is 10.2 Å². The fourth-order valence-corrected chi connectivity index (χ4v) is 2.23. The highest BCUT2D eigenvalue weighted by Gasteiger charge is 2.34. The number of hydrogen-bond donors (Lipinski definition) is 1. The normalized spacial score (nSPS) is 27.9. The van der Waals surface area contributed by atoms with Gasteiger partial charge in [-0.1, -0.05) is 0 Å². The van der Waals surface area contributed by atoms with Crippen molar-refractivity contribution in [1.29, 1.82) is 0 Å². The van der Waals surface area contributed by atoms with E-state index < -0.39 is 0 Å². The van der Waals surface area contributed by atoms with E-state index in [0.717, 1.165) is 25.6 Å². The first-order valence-electron chi connectivity index (χ1n) is 5.39. The number of carbonyl (C=O) groups excluding carboxylic acids is 1. The van der Waals surface area contributed by atoms with Gasteiger partial charge in [-0.3, -0.25) is 9.69 Å². The summed E-state index contributed by atoms with van der Waals surface area (Å²) in [5, 5.41) is 3.03. The van der Waals surface area contributed by atoms with E-state index in [2.05, 4.69) is 10.2 Å². The summed E-state index contributed by atoms with van der Waals surface area (Å²) in [5.41, 5.74) is 0. The van der Waals surface area contributed by atoms with Crippen molar-refractivity contribution in [3.05, 3.63) is 0 Å². The number of hydrogen-bond acceptors (Lipinski definition) is 2. The van der Waals surface area contributed by atoms with Gasteiger partial charge in [-0.25, -0.2) is 0 Å². The summed E-state index contributed by atoms with van der Waals surface area (Å²) in [7, 11) is 0. The monoisotopic (exact) mass is 216 g/mol. The van der Waals surface area contributed by atoms with Crippen LogP contribution in [0.5, 0.6) is 0 Å². The van der Waals surface area contributed by atoms with Gasteiger partial charge in [0.05, 0.1) is 0 Å². The van der Waals surface area contributed by atoms with E-state index in [1.165, 1.54) is 12.8 Å². The molecule has 1 saturated carbocycles. The highest BCUT2D eigenvalue weighted by Crippen LogP contribution is 2.29. The van der Waals surface area contributed by atoms with Crippen LogP contribution in [0, 0.1) is 0 Å². The maximum Gasteiger partial charge on any atom is 0.221 e. The molecule has 1 N–H and O–H groups in total. The molecule has 14 heavy (non-hydrogen) atoms. The van der Waals surface area contributed by atoms with Gasteiger partial charge in [-0.2, -0.15) is 0 Å². The zero-order valence-electron chi connectivity index (χ0n) is 8.34. The number of likely N-dealkylation sites (tertiary alicyclic amines) is 1. The summed E-state index contributed by atoms with van der Waals surface area (Å²) in [4.78, 5) is 13.8. The van der Waals surface area contributed by atoms with Crippen molar-refractivity contribution >= 4 is 17.5 Å². The maximum atomic E-state index is 11.3. The smallest absolute Gasteiger partial charge is 0.221 e. The van der Waals surface area contributed by atoms with Gasteiger partial charge in [0.25, 0.3) is 0 Å². The molecule has 1 heterocycles. The van der Waals surface area contributed by atoms with Crippen LogP contribution >= 0.6 is 11.6 Å². The van der Waals surface area contributed by atoms with E-state index in [-0.39, 0.29) is 5.91 Å². The van der Waals surface area contributed by atoms with Crippen LogP contribution in [0.25, 0.3) is 0 Å². The first-order chi connectivity index (χ1) is 6.79. The minimum absolute atomic E-state index is 0.0997. The Morgan fingerprint density at radius 3 is 2.86 bits per heavy atom. The highest BCUT2D eigenvalue weighted by atomic mass is 35.5. The van der Waals surface area contributed by atoms with Gasteiger partial charge in [0.1, 0.15) is 0 Å². The Morgan fingerprint density at radius 1 is 1.43 bits per heavy atom. The van der Waals surface area contributed by atoms with E-state index in [1.807, 2.05) is 0 Å². The number of nitrogens with zero attached hydrogens (tertiary/aromatic N) is 1. The fraction of sp³-hybridized carbons (Fsp3) is 0.900. The lowest BCUT2D eigenvalue weighted by atomic mass is 10.2. The molecule has 2 rings (SSSR count). The number of amides is 1. The second kappa shape index (κ2) is 4.49. The molecule has 0 aromatic heterocycles. The molecule has 2 aliphatic rings. The summed E-state index contributed by atoms with van der Waals surface area (Å²) >= 11 is 5.50. The van der Waals surface area contributed by atoms with Crippen LogP contribution < -0.4 is 5.32 Å². The molecule has 0 aromatic carbocycles. The van der Waals surface area contributed by atoms with Crippen molar-refractivity contribution in [3.8, 4) is 0 Å². The molecule has 0 spiro atoms. The molecule has 1 unspecified atom stereocenters. The third-order valence-electron chi connectivity index (χ3n) is 2.97. The Hall–Kier alpha value is -0.280. The Morgan fingerprint density at radius 2 is 2.21 bits per heavy atom. The highest BCUT2D eigenvalue weighted by molar-refractivity contribution is 6.18. The quantitative estimate of drug-likeness (QED) is 0.711. The van der Waals surface area contributed by atoms with Gasteiger partial charge in [-0.05, 0) is 19.3 Å². The third-order valence-corrected chi connectivity index (χ3v) is 3.16. The molecule has 80 valence electrons. The van der Waals surface area contributed by atoms with Crippen LogP contribution in [0.2, 0.25) is 0 Å². The second-order valence-electron chi connectivity index (χ2n) is 4.22. The van der Waals surface area contributed by atoms with Crippen LogP contribution in [0.4, 0.5) is 0 Å². The van der Waals surface area contributed by atoms with Crippen molar-refractivity contribution in [2.24, 2.45) is 0 Å². The van der Waals surface area contributed by atoms with E-state index in [9.17, 15) is 4.79 Å². The van der Waals surface area contributed by atoms with Gasteiger partial charge >= 0.3 is 0 Å². The van der Waals surface area contributed by atoms with E-state index >= 15 is 0 Å². The minimum Gasteiger partial charge on any atom is -0.352 e.